The van der Waals surface area contributed by atoms with E-state index in [1.807, 2.05) is 25.7 Å². The molecule has 1 spiro atoms. The van der Waals surface area contributed by atoms with Crippen LogP contribution >= 0.6 is 0 Å². The third kappa shape index (κ3) is 4.11. The molecule has 0 bridgehead atoms. The van der Waals surface area contributed by atoms with Crippen molar-refractivity contribution in [3.63, 3.8) is 0 Å². The predicted octanol–water partition coefficient (Wildman–Crippen LogP) is 2.65. The number of ether oxygens (including phenoxy) is 1. The van der Waals surface area contributed by atoms with Gasteiger partial charge < -0.3 is 14.5 Å². The van der Waals surface area contributed by atoms with Crippen LogP contribution in [-0.2, 0) is 14.3 Å². The minimum Gasteiger partial charge on any atom is -0.444 e. The van der Waals surface area contributed by atoms with Gasteiger partial charge in [-0.25, -0.2) is 4.79 Å². The number of hydrogen-bond donors (Lipinski definition) is 0. The molecule has 6 nitrogen and oxygen atoms in total. The summed E-state index contributed by atoms with van der Waals surface area (Å²) in [5.74, 6) is 0.915. The largest absolute Gasteiger partial charge is 0.444 e. The number of carbonyl (C=O) groups is 3. The Morgan fingerprint density at radius 3 is 2.08 bits per heavy atom. The Bertz CT molecular complexity index is 547. The van der Waals surface area contributed by atoms with Gasteiger partial charge in [0.15, 0.2) is 0 Å². The molecule has 2 aliphatic heterocycles. The molecule has 3 rings (SSSR count). The summed E-state index contributed by atoms with van der Waals surface area (Å²) in [4.78, 5) is 40.7. The molecule has 26 heavy (non-hydrogen) atoms. The summed E-state index contributed by atoms with van der Waals surface area (Å²) in [6.45, 7) is 9.83. The SMILES string of the molecule is CC(C)(C)OC(=O)N1CCC(CN2CCC3(CC2)C(=O)CCC3=O)CC1. The molecule has 0 atom stereocenters. The van der Waals surface area contributed by atoms with Crippen molar-refractivity contribution in [3.05, 3.63) is 0 Å². The lowest BCUT2D eigenvalue weighted by Gasteiger charge is -2.40. The second kappa shape index (κ2) is 7.29. The number of piperidine rings is 2. The van der Waals surface area contributed by atoms with Crippen LogP contribution in [0.4, 0.5) is 4.79 Å². The Balaban J connectivity index is 1.43. The fourth-order valence-electron chi connectivity index (χ4n) is 4.53. The van der Waals surface area contributed by atoms with Gasteiger partial charge in [0.1, 0.15) is 17.2 Å². The van der Waals surface area contributed by atoms with Crippen LogP contribution in [0.2, 0.25) is 0 Å². The number of ketones is 2. The molecule has 1 saturated carbocycles. The molecule has 3 aliphatic rings. The third-order valence-electron chi connectivity index (χ3n) is 6.14. The molecule has 1 amide bonds. The van der Waals surface area contributed by atoms with Crippen LogP contribution in [0.5, 0.6) is 0 Å². The molecule has 6 heteroatoms. The van der Waals surface area contributed by atoms with Gasteiger partial charge in [-0.1, -0.05) is 0 Å². The average molecular weight is 364 g/mol. The number of Topliss-reactive ketones (excluding diaryl/α,β-unsaturated/α-hetero) is 2. The maximum atomic E-state index is 12.2. The number of nitrogens with zero attached hydrogens (tertiary/aromatic N) is 2. The van der Waals surface area contributed by atoms with Crippen molar-refractivity contribution in [1.29, 1.82) is 0 Å². The zero-order chi connectivity index (χ0) is 18.9. The highest BCUT2D eigenvalue weighted by Crippen LogP contribution is 2.41. The van der Waals surface area contributed by atoms with E-state index in [0.29, 0.717) is 31.6 Å². The summed E-state index contributed by atoms with van der Waals surface area (Å²) in [6, 6.07) is 0. The smallest absolute Gasteiger partial charge is 0.410 e. The Labute approximate surface area is 156 Å². The lowest BCUT2D eigenvalue weighted by atomic mass is 9.75. The van der Waals surface area contributed by atoms with Crippen molar-refractivity contribution in [3.8, 4) is 0 Å². The van der Waals surface area contributed by atoms with Crippen molar-refractivity contribution < 1.29 is 19.1 Å². The second-order valence-electron chi connectivity index (χ2n) is 9.14. The minimum absolute atomic E-state index is 0.174. The lowest BCUT2D eigenvalue weighted by molar-refractivity contribution is -0.138. The van der Waals surface area contributed by atoms with Crippen molar-refractivity contribution in [2.75, 3.05) is 32.7 Å². The van der Waals surface area contributed by atoms with Gasteiger partial charge in [-0.3, -0.25) is 9.59 Å². The highest BCUT2D eigenvalue weighted by atomic mass is 16.6. The molecule has 0 aromatic heterocycles. The Kier molecular flexibility index (Phi) is 5.42. The number of carbonyl (C=O) groups excluding carboxylic acids is 3. The predicted molar refractivity (Wildman–Crippen MR) is 97.9 cm³/mol. The van der Waals surface area contributed by atoms with Crippen molar-refractivity contribution in [2.45, 2.75) is 64.9 Å². The highest BCUT2D eigenvalue weighted by molar-refractivity contribution is 6.12. The normalized spacial score (nSPS) is 25.1. The molecule has 0 N–H and O–H groups in total. The van der Waals surface area contributed by atoms with E-state index in [1.54, 1.807) is 0 Å². The van der Waals surface area contributed by atoms with Crippen LogP contribution in [-0.4, -0.2) is 65.8 Å². The average Bonchev–Trinajstić information content (AvgIpc) is 2.84. The molecule has 0 unspecified atom stereocenters. The minimum atomic E-state index is -0.642. The van der Waals surface area contributed by atoms with E-state index in [-0.39, 0.29) is 17.7 Å². The monoisotopic (exact) mass is 364 g/mol. The number of likely N-dealkylation sites (tertiary alicyclic amines) is 2. The maximum Gasteiger partial charge on any atom is 0.410 e. The van der Waals surface area contributed by atoms with Gasteiger partial charge in [0.25, 0.3) is 0 Å². The molecular weight excluding hydrogens is 332 g/mol. The molecule has 2 saturated heterocycles. The van der Waals surface area contributed by atoms with Crippen LogP contribution < -0.4 is 0 Å². The first-order valence-corrected chi connectivity index (χ1v) is 9.96. The van der Waals surface area contributed by atoms with Gasteiger partial charge in [-0.2, -0.15) is 0 Å². The molecule has 1 aliphatic carbocycles. The molecule has 0 aromatic rings. The Morgan fingerprint density at radius 1 is 1.04 bits per heavy atom. The topological polar surface area (TPSA) is 66.9 Å². The molecule has 0 aromatic carbocycles. The molecule has 146 valence electrons. The van der Waals surface area contributed by atoms with Gasteiger partial charge in [-0.15, -0.1) is 0 Å². The summed E-state index contributed by atoms with van der Waals surface area (Å²) in [7, 11) is 0. The third-order valence-corrected chi connectivity index (χ3v) is 6.14. The van der Waals surface area contributed by atoms with Gasteiger partial charge in [0.05, 0.1) is 5.41 Å². The molecule has 3 fully saturated rings. The fourth-order valence-corrected chi connectivity index (χ4v) is 4.53. The van der Waals surface area contributed by atoms with E-state index in [4.69, 9.17) is 4.74 Å². The number of hydrogen-bond acceptors (Lipinski definition) is 5. The fraction of sp³-hybridized carbons (Fsp3) is 0.850. The summed E-state index contributed by atoms with van der Waals surface area (Å²) >= 11 is 0. The zero-order valence-electron chi connectivity index (χ0n) is 16.4. The Morgan fingerprint density at radius 2 is 1.58 bits per heavy atom. The van der Waals surface area contributed by atoms with Gasteiger partial charge in [0, 0.05) is 32.5 Å². The van der Waals surface area contributed by atoms with Gasteiger partial charge >= 0.3 is 6.09 Å². The second-order valence-corrected chi connectivity index (χ2v) is 9.14. The lowest BCUT2D eigenvalue weighted by Crippen LogP contribution is -2.48. The van der Waals surface area contributed by atoms with E-state index in [9.17, 15) is 14.4 Å². The van der Waals surface area contributed by atoms with Crippen LogP contribution in [0.15, 0.2) is 0 Å². The Hall–Kier alpha value is -1.43. The quantitative estimate of drug-likeness (QED) is 0.705. The summed E-state index contributed by atoms with van der Waals surface area (Å²) in [5, 5.41) is 0. The number of amides is 1. The van der Waals surface area contributed by atoms with Crippen molar-refractivity contribution in [2.24, 2.45) is 11.3 Å². The van der Waals surface area contributed by atoms with Crippen LogP contribution in [0, 0.1) is 11.3 Å². The summed E-state index contributed by atoms with van der Waals surface area (Å²) < 4.78 is 5.45. The standard InChI is InChI=1S/C20H32N2O4/c1-19(2,3)26-18(25)22-10-6-15(7-11-22)14-21-12-8-20(9-13-21)16(23)4-5-17(20)24/h15H,4-14H2,1-3H3. The first-order chi connectivity index (χ1) is 12.2. The number of rotatable bonds is 2. The van der Waals surface area contributed by atoms with Crippen molar-refractivity contribution in [1.82, 2.24) is 9.80 Å². The van der Waals surface area contributed by atoms with Crippen LogP contribution in [0.3, 0.4) is 0 Å². The molecule has 0 radical (unpaired) electrons. The summed E-state index contributed by atoms with van der Waals surface area (Å²) in [6.07, 6.45) is 4.04. The molecular formula is C20H32N2O4. The van der Waals surface area contributed by atoms with Gasteiger partial charge in [-0.05, 0) is 65.5 Å². The van der Waals surface area contributed by atoms with Crippen molar-refractivity contribution >= 4 is 17.7 Å². The maximum absolute atomic E-state index is 12.2. The van der Waals surface area contributed by atoms with E-state index in [0.717, 1.165) is 45.6 Å². The van der Waals surface area contributed by atoms with E-state index < -0.39 is 11.0 Å². The van der Waals surface area contributed by atoms with E-state index in [1.165, 1.54) is 0 Å². The van der Waals surface area contributed by atoms with Crippen LogP contribution in [0.1, 0.15) is 59.3 Å². The zero-order valence-corrected chi connectivity index (χ0v) is 16.4. The van der Waals surface area contributed by atoms with Crippen LogP contribution in [0.25, 0.3) is 0 Å². The first kappa shape index (κ1) is 19.3. The highest BCUT2D eigenvalue weighted by Gasteiger charge is 2.50. The van der Waals surface area contributed by atoms with Gasteiger partial charge in [0.2, 0.25) is 0 Å². The summed E-state index contributed by atoms with van der Waals surface area (Å²) in [5.41, 5.74) is -1.09. The molecule has 2 heterocycles. The van der Waals surface area contributed by atoms with E-state index >= 15 is 0 Å². The first-order valence-electron chi connectivity index (χ1n) is 9.96. The van der Waals surface area contributed by atoms with E-state index in [2.05, 4.69) is 4.90 Å².